The van der Waals surface area contributed by atoms with Gasteiger partial charge in [-0.1, -0.05) is 53.2 Å². The normalized spacial score (nSPS) is 55.3. The quantitative estimate of drug-likeness (QED) is 0.0513. The second-order valence-electron chi connectivity index (χ2n) is 28.4. The van der Waals surface area contributed by atoms with E-state index < -0.39 is 184 Å². The van der Waals surface area contributed by atoms with Crippen molar-refractivity contribution >= 4 is 5.97 Å². The molecule has 5 aliphatic carbocycles. The number of rotatable bonds is 13. The molecule has 0 spiro atoms. The molecule has 488 valence electrons. The van der Waals surface area contributed by atoms with Crippen molar-refractivity contribution in [2.45, 2.75) is 273 Å². The van der Waals surface area contributed by atoms with Gasteiger partial charge in [0.2, 0.25) is 6.29 Å². The zero-order valence-electron chi connectivity index (χ0n) is 49.8. The Balaban J connectivity index is 0.852. The number of allylic oxidation sites excluding steroid dienone is 2. The van der Waals surface area contributed by atoms with Crippen LogP contribution in [0.25, 0.3) is 0 Å². The van der Waals surface area contributed by atoms with Gasteiger partial charge >= 0.3 is 5.97 Å². The molecule has 5 aliphatic heterocycles. The summed E-state index contributed by atoms with van der Waals surface area (Å²) >= 11 is 0. The SMILES string of the molecule is C[C@@H]1O[C@H](O[C@H]2[C@H](O)[C@@H](O[C@H]3[C@H](O)[C@@H](O[C@@H]4[C@@H](O[C@H]5CC[C@@]6(C)[C@@H](CC[C@]7(C)[C@@H]6CC=C6[C@H]8CC(C)(C)CC[C@@]8(C(=O)O[C@H]8O[C@@H](CO)[C@H](O)[C@@H](O)[C@@H]8O)CC[C@]67C)[C@]5(C)CO)OC[C@H](O)[C@H]4O)O[C@@H](C)[C@@H]3O)O[C@@H](CO)[C@@H]2O)[C@@H](O)[C@H](O)[C@H]1O. The maximum Gasteiger partial charge on any atom is 0.315 e. The zero-order valence-corrected chi connectivity index (χ0v) is 49.8. The van der Waals surface area contributed by atoms with Gasteiger partial charge in [0.05, 0.1) is 50.2 Å². The van der Waals surface area contributed by atoms with Crippen LogP contribution in [-0.2, 0) is 52.2 Å². The van der Waals surface area contributed by atoms with Crippen LogP contribution in [0.15, 0.2) is 11.6 Å². The lowest BCUT2D eigenvalue weighted by Crippen LogP contribution is -2.67. The van der Waals surface area contributed by atoms with Gasteiger partial charge in [-0.15, -0.1) is 0 Å². The first-order chi connectivity index (χ1) is 39.9. The van der Waals surface area contributed by atoms with Gasteiger partial charge < -0.3 is 124 Å². The molecular weight excluding hydrogens is 1120 g/mol. The molecule has 0 bridgehead atoms. The van der Waals surface area contributed by atoms with Crippen LogP contribution in [0.3, 0.4) is 0 Å². The predicted octanol–water partition coefficient (Wildman–Crippen LogP) is -2.54. The van der Waals surface area contributed by atoms with Crippen LogP contribution in [-0.4, -0.2) is 263 Å². The Labute approximate surface area is 494 Å². The average molecular weight is 1220 g/mol. The van der Waals surface area contributed by atoms with Crippen molar-refractivity contribution in [2.24, 2.45) is 50.2 Å². The Morgan fingerprint density at radius 3 is 1.74 bits per heavy atom. The molecule has 5 saturated heterocycles. The molecule has 0 unspecified atom stereocenters. The highest BCUT2D eigenvalue weighted by atomic mass is 16.8. The fourth-order valence-corrected chi connectivity index (χ4v) is 17.6. The van der Waals surface area contributed by atoms with Crippen LogP contribution < -0.4 is 0 Å². The van der Waals surface area contributed by atoms with Crippen LogP contribution in [0.4, 0.5) is 0 Å². The molecule has 0 amide bonds. The lowest BCUT2D eigenvalue weighted by Gasteiger charge is -2.71. The highest BCUT2D eigenvalue weighted by Gasteiger charge is 2.71. The molecule has 5 heterocycles. The van der Waals surface area contributed by atoms with Crippen LogP contribution in [0.2, 0.25) is 0 Å². The Morgan fingerprint density at radius 1 is 0.541 bits per heavy atom. The van der Waals surface area contributed by atoms with Crippen molar-refractivity contribution < 1.29 is 129 Å². The lowest BCUT2D eigenvalue weighted by molar-refractivity contribution is -0.391. The Kier molecular flexibility index (Phi) is 19.0. The third-order valence-corrected chi connectivity index (χ3v) is 23.2. The van der Waals surface area contributed by atoms with Crippen LogP contribution in [0.5, 0.6) is 0 Å². The molecule has 4 saturated carbocycles. The Morgan fingerprint density at radius 2 is 1.09 bits per heavy atom. The number of esters is 1. The number of fused-ring (bicyclic) bond motifs is 7. The molecule has 10 rings (SSSR count). The summed E-state index contributed by atoms with van der Waals surface area (Å²) in [5.41, 5.74) is -1.76. The van der Waals surface area contributed by atoms with Gasteiger partial charge in [0.15, 0.2) is 25.2 Å². The predicted molar refractivity (Wildman–Crippen MR) is 288 cm³/mol. The van der Waals surface area contributed by atoms with E-state index in [1.54, 1.807) is 0 Å². The van der Waals surface area contributed by atoms with Crippen molar-refractivity contribution in [1.82, 2.24) is 0 Å². The molecule has 0 radical (unpaired) electrons. The fraction of sp³-hybridized carbons (Fsp3) is 0.949. The van der Waals surface area contributed by atoms with Crippen molar-refractivity contribution in [3.8, 4) is 0 Å². The topological polar surface area (TPSA) is 413 Å². The van der Waals surface area contributed by atoms with Crippen molar-refractivity contribution in [1.29, 1.82) is 0 Å². The van der Waals surface area contributed by atoms with Gasteiger partial charge in [0.1, 0.15) is 104 Å². The van der Waals surface area contributed by atoms with Crippen LogP contribution >= 0.6 is 0 Å². The Bertz CT molecular complexity index is 2370. The summed E-state index contributed by atoms with van der Waals surface area (Å²) in [5.74, 6) is -0.740. The smallest absolute Gasteiger partial charge is 0.315 e. The van der Waals surface area contributed by atoms with E-state index in [2.05, 4.69) is 40.7 Å². The van der Waals surface area contributed by atoms with E-state index in [0.717, 1.165) is 12.8 Å². The van der Waals surface area contributed by atoms with E-state index in [9.17, 15) is 81.4 Å². The monoisotopic (exact) mass is 1220 g/mol. The number of hydrogen-bond donors (Lipinski definition) is 15. The number of aliphatic hydroxyl groups is 15. The second kappa shape index (κ2) is 24.4. The number of carbonyl (C=O) groups is 1. The van der Waals surface area contributed by atoms with E-state index in [0.29, 0.717) is 51.4 Å². The van der Waals surface area contributed by atoms with Gasteiger partial charge in [-0.05, 0) is 117 Å². The highest BCUT2D eigenvalue weighted by molar-refractivity contribution is 5.79. The molecular formula is C59H96O26. The first-order valence-corrected chi connectivity index (χ1v) is 30.6. The van der Waals surface area contributed by atoms with E-state index in [4.69, 9.17) is 47.4 Å². The number of carbonyl (C=O) groups excluding carboxylic acids is 1. The molecule has 15 N–H and O–H groups in total. The van der Waals surface area contributed by atoms with Gasteiger partial charge in [-0.3, -0.25) is 4.79 Å². The van der Waals surface area contributed by atoms with Gasteiger partial charge in [-0.25, -0.2) is 0 Å². The molecule has 10 aliphatic rings. The number of aliphatic hydroxyl groups excluding tert-OH is 15. The largest absolute Gasteiger partial charge is 0.432 e. The summed E-state index contributed by atoms with van der Waals surface area (Å²) in [5, 5.41) is 164. The van der Waals surface area contributed by atoms with Crippen LogP contribution in [0, 0.1) is 50.2 Å². The summed E-state index contributed by atoms with van der Waals surface area (Å²) in [6.45, 7) is 14.1. The molecule has 85 heavy (non-hydrogen) atoms. The summed E-state index contributed by atoms with van der Waals surface area (Å²) in [7, 11) is 0. The van der Waals surface area contributed by atoms with E-state index >= 15 is 0 Å². The van der Waals surface area contributed by atoms with Crippen LogP contribution in [0.1, 0.15) is 120 Å². The first kappa shape index (κ1) is 66.2. The summed E-state index contributed by atoms with van der Waals surface area (Å²) in [6.07, 6.45) is -30.8. The average Bonchev–Trinajstić information content (AvgIpc) is 1.24. The zero-order chi connectivity index (χ0) is 62.0. The minimum absolute atomic E-state index is 0.107. The molecule has 33 atom stereocenters. The Hall–Kier alpha value is -1.75. The van der Waals surface area contributed by atoms with Crippen molar-refractivity contribution in [2.75, 3.05) is 26.4 Å². The van der Waals surface area contributed by atoms with Crippen molar-refractivity contribution in [3.63, 3.8) is 0 Å². The van der Waals surface area contributed by atoms with Gasteiger partial charge in [0, 0.05) is 5.41 Å². The minimum atomic E-state index is -1.97. The van der Waals surface area contributed by atoms with E-state index in [1.165, 1.54) is 19.4 Å². The van der Waals surface area contributed by atoms with Crippen molar-refractivity contribution in [3.05, 3.63) is 11.6 Å². The maximum atomic E-state index is 14.8. The number of hydrogen-bond acceptors (Lipinski definition) is 26. The first-order valence-electron chi connectivity index (χ1n) is 30.6. The standard InChI is InChI=1S/C59H96O26/c1-24-34(64)39(69)41(71)48(77-24)83-46-38(68)30(21-61)80-51(44(46)74)82-45-35(65)25(2)78-50(43(45)73)84-47-36(66)28(63)22-76-52(47)81-33-12-13-55(5)31(56(33,6)23-62)11-14-58(8)32(55)10-9-26-27-19-54(3,4)15-17-59(27,18-16-57(26,58)7)53(75)85-49-42(72)40(70)37(67)29(20-60)79-49/h9,24-25,27-52,60-74H,10-23H2,1-8H3/t24-,25-,27+,28-,29-,30-,31+,32+,33-,34-,35-,36+,37-,38-,39+,40+,41-,42-,43-,44-,45+,46+,47-,48+,49+,50+,51+,52+,55-,56-,57+,58+,59+/m0/s1. The maximum absolute atomic E-state index is 14.8. The second-order valence-corrected chi connectivity index (χ2v) is 28.4. The number of ether oxygens (including phenoxy) is 10. The summed E-state index contributed by atoms with van der Waals surface area (Å²) in [6, 6.07) is 0. The molecule has 0 aromatic carbocycles. The van der Waals surface area contributed by atoms with Gasteiger partial charge in [-0.2, -0.15) is 0 Å². The molecule has 9 fully saturated rings. The molecule has 26 heteroatoms. The molecule has 0 aromatic heterocycles. The molecule has 0 aromatic rings. The minimum Gasteiger partial charge on any atom is -0.432 e. The lowest BCUT2D eigenvalue weighted by atomic mass is 9.33. The van der Waals surface area contributed by atoms with Gasteiger partial charge in [0.25, 0.3) is 0 Å². The third kappa shape index (κ3) is 11.0. The third-order valence-electron chi connectivity index (χ3n) is 23.2. The summed E-state index contributed by atoms with van der Waals surface area (Å²) < 4.78 is 59.9. The molecule has 26 nitrogen and oxygen atoms in total. The summed E-state index contributed by atoms with van der Waals surface area (Å²) in [4.78, 5) is 14.8. The van der Waals surface area contributed by atoms with E-state index in [1.807, 2.05) is 6.92 Å². The highest BCUT2D eigenvalue weighted by Crippen LogP contribution is 2.76. The van der Waals surface area contributed by atoms with E-state index in [-0.39, 0.29) is 52.6 Å². The fourth-order valence-electron chi connectivity index (χ4n) is 17.6.